The minimum absolute atomic E-state index is 0.816. The van der Waals surface area contributed by atoms with Gasteiger partial charge in [-0.1, -0.05) is 23.9 Å². The van der Waals surface area contributed by atoms with E-state index in [9.17, 15) is 0 Å². The van der Waals surface area contributed by atoms with Crippen LogP contribution in [-0.2, 0) is 12.8 Å². The summed E-state index contributed by atoms with van der Waals surface area (Å²) in [7, 11) is 3.49. The number of thioether (sulfide) groups is 1. The molecule has 5 nitrogen and oxygen atoms in total. The highest BCUT2D eigenvalue weighted by molar-refractivity contribution is 7.98. The first kappa shape index (κ1) is 10.9. The molecule has 2 aromatic rings. The fraction of sp³-hybridized carbons (Fsp3) is 0.300. The fourth-order valence-electron chi connectivity index (χ4n) is 1.21. The number of hydrogen-bond donors (Lipinski definition) is 0. The SMILES string of the molecule is COc1ccc(CSc2nnnn2C)cc1. The quantitative estimate of drug-likeness (QED) is 0.753. The third-order valence-electron chi connectivity index (χ3n) is 2.11. The van der Waals surface area contributed by atoms with E-state index >= 15 is 0 Å². The Morgan fingerprint density at radius 2 is 2.06 bits per heavy atom. The summed E-state index contributed by atoms with van der Waals surface area (Å²) in [5.74, 6) is 1.71. The van der Waals surface area contributed by atoms with Gasteiger partial charge in [0.25, 0.3) is 0 Å². The molecule has 0 atom stereocenters. The van der Waals surface area contributed by atoms with E-state index in [1.165, 1.54) is 5.56 Å². The van der Waals surface area contributed by atoms with Crippen LogP contribution in [0.15, 0.2) is 29.4 Å². The minimum Gasteiger partial charge on any atom is -0.497 e. The van der Waals surface area contributed by atoms with Crippen molar-refractivity contribution in [1.29, 1.82) is 0 Å². The van der Waals surface area contributed by atoms with Crippen LogP contribution < -0.4 is 4.74 Å². The lowest BCUT2D eigenvalue weighted by Crippen LogP contribution is -1.93. The summed E-state index contributed by atoms with van der Waals surface area (Å²) in [6, 6.07) is 7.97. The second kappa shape index (κ2) is 4.98. The molecule has 0 N–H and O–H groups in total. The normalized spacial score (nSPS) is 10.4. The van der Waals surface area contributed by atoms with Crippen LogP contribution in [0.2, 0.25) is 0 Å². The number of rotatable bonds is 4. The number of ether oxygens (including phenoxy) is 1. The standard InChI is InChI=1S/C10H12N4OS/c1-14-10(11-12-13-14)16-7-8-3-5-9(15-2)6-4-8/h3-6H,7H2,1-2H3. The van der Waals surface area contributed by atoms with E-state index in [2.05, 4.69) is 15.5 Å². The van der Waals surface area contributed by atoms with Gasteiger partial charge in [0, 0.05) is 12.8 Å². The topological polar surface area (TPSA) is 52.8 Å². The van der Waals surface area contributed by atoms with Crippen molar-refractivity contribution >= 4 is 11.8 Å². The average molecular weight is 236 g/mol. The van der Waals surface area contributed by atoms with Crippen molar-refractivity contribution in [3.63, 3.8) is 0 Å². The molecule has 0 spiro atoms. The Hall–Kier alpha value is -1.56. The van der Waals surface area contributed by atoms with Gasteiger partial charge in [0.15, 0.2) is 0 Å². The predicted octanol–water partition coefficient (Wildman–Crippen LogP) is 1.51. The van der Waals surface area contributed by atoms with Gasteiger partial charge < -0.3 is 4.74 Å². The molecule has 0 saturated carbocycles. The first-order valence-corrected chi connectivity index (χ1v) is 5.76. The monoisotopic (exact) mass is 236 g/mol. The number of aromatic nitrogens is 4. The average Bonchev–Trinajstić information content (AvgIpc) is 2.73. The number of methoxy groups -OCH3 is 1. The molecule has 0 aliphatic rings. The fourth-order valence-corrected chi connectivity index (χ4v) is 2.02. The first-order valence-electron chi connectivity index (χ1n) is 4.77. The lowest BCUT2D eigenvalue weighted by atomic mass is 10.2. The Bertz CT molecular complexity index is 454. The molecule has 0 aliphatic carbocycles. The largest absolute Gasteiger partial charge is 0.497 e. The molecule has 0 saturated heterocycles. The molecule has 1 aromatic carbocycles. The molecule has 0 unspecified atom stereocenters. The summed E-state index contributed by atoms with van der Waals surface area (Å²) < 4.78 is 6.76. The van der Waals surface area contributed by atoms with Crippen LogP contribution in [-0.4, -0.2) is 27.3 Å². The van der Waals surface area contributed by atoms with Gasteiger partial charge in [-0.3, -0.25) is 0 Å². The van der Waals surface area contributed by atoms with Gasteiger partial charge in [0.1, 0.15) is 5.75 Å². The Kier molecular flexibility index (Phi) is 3.40. The second-order valence-electron chi connectivity index (χ2n) is 3.22. The maximum Gasteiger partial charge on any atom is 0.209 e. The zero-order valence-corrected chi connectivity index (χ0v) is 9.94. The van der Waals surface area contributed by atoms with Crippen LogP contribution in [0, 0.1) is 0 Å². The molecule has 0 bridgehead atoms. The van der Waals surface area contributed by atoms with E-state index in [4.69, 9.17) is 4.74 Å². The van der Waals surface area contributed by atoms with Gasteiger partial charge >= 0.3 is 0 Å². The molecule has 2 rings (SSSR count). The van der Waals surface area contributed by atoms with Gasteiger partial charge in [-0.05, 0) is 28.1 Å². The third-order valence-corrected chi connectivity index (χ3v) is 3.19. The first-order chi connectivity index (χ1) is 7.79. The van der Waals surface area contributed by atoms with Crippen molar-refractivity contribution in [1.82, 2.24) is 20.2 Å². The Morgan fingerprint density at radius 3 is 2.62 bits per heavy atom. The van der Waals surface area contributed by atoms with Crippen molar-refractivity contribution in [2.75, 3.05) is 7.11 Å². The molecule has 0 amide bonds. The number of benzene rings is 1. The number of aryl methyl sites for hydroxylation is 1. The zero-order chi connectivity index (χ0) is 11.4. The predicted molar refractivity (Wildman–Crippen MR) is 61.4 cm³/mol. The maximum atomic E-state index is 5.10. The van der Waals surface area contributed by atoms with Gasteiger partial charge in [0.05, 0.1) is 7.11 Å². The molecule has 1 heterocycles. The lowest BCUT2D eigenvalue weighted by molar-refractivity contribution is 0.414. The zero-order valence-electron chi connectivity index (χ0n) is 9.12. The summed E-state index contributed by atoms with van der Waals surface area (Å²) in [6.07, 6.45) is 0. The Labute approximate surface area is 97.8 Å². The van der Waals surface area contributed by atoms with E-state index in [1.807, 2.05) is 31.3 Å². The highest BCUT2D eigenvalue weighted by Crippen LogP contribution is 2.20. The summed E-state index contributed by atoms with van der Waals surface area (Å²) >= 11 is 1.61. The van der Waals surface area contributed by atoms with Gasteiger partial charge in [-0.25, -0.2) is 4.68 Å². The van der Waals surface area contributed by atoms with E-state index < -0.39 is 0 Å². The molecule has 0 fully saturated rings. The van der Waals surface area contributed by atoms with E-state index in [1.54, 1.807) is 23.6 Å². The van der Waals surface area contributed by atoms with Gasteiger partial charge in [-0.2, -0.15) is 0 Å². The van der Waals surface area contributed by atoms with E-state index in [-0.39, 0.29) is 0 Å². The van der Waals surface area contributed by atoms with Crippen LogP contribution in [0.25, 0.3) is 0 Å². The Balaban J connectivity index is 1.97. The lowest BCUT2D eigenvalue weighted by Gasteiger charge is -2.02. The van der Waals surface area contributed by atoms with Crippen molar-refractivity contribution in [2.24, 2.45) is 7.05 Å². The van der Waals surface area contributed by atoms with Crippen molar-refractivity contribution in [2.45, 2.75) is 10.9 Å². The molecular formula is C10H12N4OS. The molecule has 0 radical (unpaired) electrons. The molecule has 0 aliphatic heterocycles. The summed E-state index contributed by atoms with van der Waals surface area (Å²) in [5, 5.41) is 12.1. The minimum atomic E-state index is 0.816. The second-order valence-corrected chi connectivity index (χ2v) is 4.16. The van der Waals surface area contributed by atoms with Crippen LogP contribution in [0.4, 0.5) is 0 Å². The highest BCUT2D eigenvalue weighted by Gasteiger charge is 2.03. The smallest absolute Gasteiger partial charge is 0.209 e. The van der Waals surface area contributed by atoms with Crippen LogP contribution >= 0.6 is 11.8 Å². The van der Waals surface area contributed by atoms with Gasteiger partial charge in [-0.15, -0.1) is 5.10 Å². The Morgan fingerprint density at radius 1 is 1.31 bits per heavy atom. The number of tetrazole rings is 1. The highest BCUT2D eigenvalue weighted by atomic mass is 32.2. The van der Waals surface area contributed by atoms with Gasteiger partial charge in [0.2, 0.25) is 5.16 Å². The van der Waals surface area contributed by atoms with Crippen molar-refractivity contribution in [3.8, 4) is 5.75 Å². The van der Waals surface area contributed by atoms with E-state index in [0.717, 1.165) is 16.7 Å². The summed E-state index contributed by atoms with van der Waals surface area (Å²) in [6.45, 7) is 0. The van der Waals surface area contributed by atoms with Crippen LogP contribution in [0.3, 0.4) is 0 Å². The van der Waals surface area contributed by atoms with E-state index in [0.29, 0.717) is 0 Å². The third kappa shape index (κ3) is 2.52. The van der Waals surface area contributed by atoms with Crippen molar-refractivity contribution in [3.05, 3.63) is 29.8 Å². The van der Waals surface area contributed by atoms with Crippen LogP contribution in [0.5, 0.6) is 5.75 Å². The molecule has 84 valence electrons. The molecular weight excluding hydrogens is 224 g/mol. The number of nitrogens with zero attached hydrogens (tertiary/aromatic N) is 4. The molecule has 16 heavy (non-hydrogen) atoms. The molecule has 1 aromatic heterocycles. The summed E-state index contributed by atoms with van der Waals surface area (Å²) in [4.78, 5) is 0. The summed E-state index contributed by atoms with van der Waals surface area (Å²) in [5.41, 5.74) is 1.22. The number of hydrogen-bond acceptors (Lipinski definition) is 5. The maximum absolute atomic E-state index is 5.10. The molecule has 6 heteroatoms. The van der Waals surface area contributed by atoms with Crippen LogP contribution in [0.1, 0.15) is 5.56 Å². The van der Waals surface area contributed by atoms with Crippen molar-refractivity contribution < 1.29 is 4.74 Å².